The second kappa shape index (κ2) is 16.5. The molecule has 1 N–H and O–H groups in total. The number of carbonyl (C=O) groups excluding carboxylic acids is 3. The molecule has 8 rings (SSSR count). The number of nitrogens with zero attached hydrogens (tertiary/aromatic N) is 3. The van der Waals surface area contributed by atoms with Crippen molar-refractivity contribution in [2.75, 3.05) is 30.1 Å². The van der Waals surface area contributed by atoms with Crippen molar-refractivity contribution >= 4 is 64.0 Å². The van der Waals surface area contributed by atoms with Crippen LogP contribution in [-0.4, -0.2) is 62.2 Å². The Labute approximate surface area is 355 Å². The number of hydrogen-bond acceptors (Lipinski definition) is 6. The van der Waals surface area contributed by atoms with Crippen LogP contribution in [0.4, 0.5) is 17.1 Å². The van der Waals surface area contributed by atoms with Crippen molar-refractivity contribution in [1.29, 1.82) is 0 Å². The lowest BCUT2D eigenvalue weighted by Crippen LogP contribution is -2.52. The van der Waals surface area contributed by atoms with Crippen LogP contribution in [0, 0.1) is 5.92 Å². The van der Waals surface area contributed by atoms with Crippen LogP contribution >= 0.6 is 15.9 Å². The molecule has 1 fully saturated rings. The second-order valence-electron chi connectivity index (χ2n) is 16.5. The van der Waals surface area contributed by atoms with Gasteiger partial charge in [0.2, 0.25) is 11.8 Å². The third-order valence-corrected chi connectivity index (χ3v) is 17.6. The van der Waals surface area contributed by atoms with Crippen LogP contribution in [0.5, 0.6) is 5.75 Å². The van der Waals surface area contributed by atoms with E-state index in [0.717, 1.165) is 49.5 Å². The third-order valence-electron chi connectivity index (χ3n) is 12.7. The maximum absolute atomic E-state index is 15.5. The fourth-order valence-electron chi connectivity index (χ4n) is 9.85. The molecule has 0 aromatic heterocycles. The van der Waals surface area contributed by atoms with Gasteiger partial charge < -0.3 is 24.4 Å². The molecule has 3 amide bonds. The van der Waals surface area contributed by atoms with E-state index in [9.17, 15) is 14.7 Å². The van der Waals surface area contributed by atoms with E-state index in [2.05, 4.69) is 54.1 Å². The number of rotatable bonds is 12. The van der Waals surface area contributed by atoms with Gasteiger partial charge in [-0.25, -0.2) is 0 Å². The molecule has 4 atom stereocenters. The SMILES string of the molecule is COc1ccc([Si](C)(C)[C@H]2[C@H](CC(=O)N(CCO)Cc3ccccc3)O[C@@]3(C(=O)N(Cc4cccc(N5C(=O)CCc6ccccc65)c4)c4ccc(Br)cc43)[C@@H]2C)cc1. The van der Waals surface area contributed by atoms with Gasteiger partial charge in [-0.3, -0.25) is 19.3 Å². The lowest BCUT2D eigenvalue weighted by Gasteiger charge is -2.37. The van der Waals surface area contributed by atoms with Crippen molar-refractivity contribution in [1.82, 2.24) is 4.90 Å². The zero-order chi connectivity index (χ0) is 41.5. The number of fused-ring (bicyclic) bond motifs is 3. The van der Waals surface area contributed by atoms with E-state index >= 15 is 4.79 Å². The summed E-state index contributed by atoms with van der Waals surface area (Å²) in [5.74, 6) is 0.181. The van der Waals surface area contributed by atoms with Crippen molar-refractivity contribution in [3.63, 3.8) is 0 Å². The summed E-state index contributed by atoms with van der Waals surface area (Å²) < 4.78 is 13.6. The van der Waals surface area contributed by atoms with Crippen LogP contribution < -0.4 is 19.7 Å². The smallest absolute Gasteiger partial charge is 0.264 e. The van der Waals surface area contributed by atoms with Gasteiger partial charge in [-0.15, -0.1) is 0 Å². The number of aliphatic hydroxyl groups is 1. The summed E-state index contributed by atoms with van der Waals surface area (Å²) in [5.41, 5.74) is 4.63. The Balaban J connectivity index is 1.17. The molecule has 5 aromatic rings. The Bertz CT molecular complexity index is 2370. The van der Waals surface area contributed by atoms with Gasteiger partial charge in [-0.05, 0) is 77.2 Å². The number of halogens is 1. The van der Waals surface area contributed by atoms with Crippen molar-refractivity contribution < 1.29 is 29.0 Å². The molecular weight excluding hydrogens is 823 g/mol. The van der Waals surface area contributed by atoms with E-state index in [-0.39, 0.29) is 55.3 Å². The number of benzene rings is 5. The molecule has 3 aliphatic heterocycles. The van der Waals surface area contributed by atoms with Gasteiger partial charge >= 0.3 is 0 Å². The number of aryl methyl sites for hydroxylation is 1. The lowest BCUT2D eigenvalue weighted by atomic mass is 9.82. The summed E-state index contributed by atoms with van der Waals surface area (Å²) in [6.45, 7) is 7.35. The minimum Gasteiger partial charge on any atom is -0.497 e. The van der Waals surface area contributed by atoms with Crippen LogP contribution in [0.25, 0.3) is 0 Å². The average molecular weight is 873 g/mol. The van der Waals surface area contributed by atoms with Crippen LogP contribution in [0.15, 0.2) is 126 Å². The first kappa shape index (κ1) is 40.7. The highest BCUT2D eigenvalue weighted by molar-refractivity contribution is 9.10. The van der Waals surface area contributed by atoms with Gasteiger partial charge in [0.05, 0.1) is 52.2 Å². The maximum atomic E-state index is 15.5. The van der Waals surface area contributed by atoms with Crippen LogP contribution in [-0.2, 0) is 44.2 Å². The molecule has 11 heteroatoms. The monoisotopic (exact) mass is 871 g/mol. The highest BCUT2D eigenvalue weighted by atomic mass is 79.9. The van der Waals surface area contributed by atoms with Crippen LogP contribution in [0.2, 0.25) is 18.6 Å². The number of carbonyl (C=O) groups is 3. The minimum absolute atomic E-state index is 0.0389. The highest BCUT2D eigenvalue weighted by Crippen LogP contribution is 2.60. The first-order chi connectivity index (χ1) is 28.5. The molecule has 3 heterocycles. The summed E-state index contributed by atoms with van der Waals surface area (Å²) >= 11 is 3.71. The molecule has 0 bridgehead atoms. The van der Waals surface area contributed by atoms with Crippen LogP contribution in [0.3, 0.4) is 0 Å². The zero-order valence-corrected chi connectivity index (χ0v) is 36.5. The standard InChI is InChI=1S/C48H50BrN3O6Si/c1-32-46(59(3,4)39-21-19-38(57-2)20-22-39)43(29-45(55)50(25-26-53)30-33-11-6-5-7-12-33)58-48(32)40-28-36(49)18-23-42(40)51(47(48)56)31-34-13-10-15-37(27-34)52-41-16-9-8-14-35(41)17-24-44(52)54/h5-16,18-23,27-28,32,43,46,53H,17,24-26,29-31H2,1-4H3/t32-,43+,46-,48+/m1/s1. The molecule has 9 nitrogen and oxygen atoms in total. The fourth-order valence-corrected chi connectivity index (χ4v) is 14.2. The molecule has 59 heavy (non-hydrogen) atoms. The molecule has 0 aliphatic carbocycles. The quantitative estimate of drug-likeness (QED) is 0.127. The van der Waals surface area contributed by atoms with Gasteiger partial charge in [-0.1, -0.05) is 114 Å². The molecule has 304 valence electrons. The number of ether oxygens (including phenoxy) is 2. The summed E-state index contributed by atoms with van der Waals surface area (Å²) in [7, 11) is -0.888. The first-order valence-corrected chi connectivity index (χ1v) is 24.2. The lowest BCUT2D eigenvalue weighted by molar-refractivity contribution is -0.150. The Morgan fingerprint density at radius 1 is 0.898 bits per heavy atom. The number of anilines is 3. The van der Waals surface area contributed by atoms with Gasteiger partial charge in [0.1, 0.15) is 5.75 Å². The van der Waals surface area contributed by atoms with E-state index in [1.165, 1.54) is 5.19 Å². The van der Waals surface area contributed by atoms with Gasteiger partial charge in [0.15, 0.2) is 5.60 Å². The van der Waals surface area contributed by atoms with Crippen molar-refractivity contribution in [2.45, 2.75) is 69.6 Å². The summed E-state index contributed by atoms with van der Waals surface area (Å²) in [5, 5.41) is 11.2. The number of para-hydroxylation sites is 1. The average Bonchev–Trinajstić information content (AvgIpc) is 3.66. The molecule has 0 radical (unpaired) electrons. The number of hydrogen-bond donors (Lipinski definition) is 1. The topological polar surface area (TPSA) is 99.6 Å². The summed E-state index contributed by atoms with van der Waals surface area (Å²) in [6, 6.07) is 39.8. The Morgan fingerprint density at radius 3 is 2.37 bits per heavy atom. The molecule has 5 aromatic carbocycles. The molecule has 0 saturated carbocycles. The minimum atomic E-state index is -2.54. The van der Waals surface area contributed by atoms with Crippen LogP contribution in [0.1, 0.15) is 42.0 Å². The Kier molecular flexibility index (Phi) is 11.4. The molecule has 1 spiro atoms. The van der Waals surface area contributed by atoms with Gasteiger partial charge in [0, 0.05) is 41.2 Å². The van der Waals surface area contributed by atoms with E-state index in [0.29, 0.717) is 19.4 Å². The van der Waals surface area contributed by atoms with Gasteiger partial charge in [0.25, 0.3) is 5.91 Å². The van der Waals surface area contributed by atoms with Crippen molar-refractivity contribution in [2.24, 2.45) is 5.92 Å². The normalized spacial score (nSPS) is 21.2. The first-order valence-electron chi connectivity index (χ1n) is 20.3. The van der Waals surface area contributed by atoms with Gasteiger partial charge in [-0.2, -0.15) is 0 Å². The van der Waals surface area contributed by atoms with Crippen molar-refractivity contribution in [3.05, 3.63) is 148 Å². The molecular formula is C48H50BrN3O6Si. The Morgan fingerprint density at radius 2 is 1.63 bits per heavy atom. The fraction of sp³-hybridized carbons (Fsp3) is 0.312. The number of methoxy groups -OCH3 is 1. The largest absolute Gasteiger partial charge is 0.497 e. The Hall–Kier alpha value is -5.07. The second-order valence-corrected chi connectivity index (χ2v) is 22.1. The molecule has 3 aliphatic rings. The van der Waals surface area contributed by atoms with E-state index in [4.69, 9.17) is 9.47 Å². The maximum Gasteiger partial charge on any atom is 0.264 e. The number of aliphatic hydroxyl groups excluding tert-OH is 1. The predicted molar refractivity (Wildman–Crippen MR) is 237 cm³/mol. The van der Waals surface area contributed by atoms with E-state index < -0.39 is 19.8 Å². The van der Waals surface area contributed by atoms with E-state index in [1.807, 2.05) is 108 Å². The summed E-state index contributed by atoms with van der Waals surface area (Å²) in [6.07, 6.45) is 0.595. The molecule has 0 unspecified atom stereocenters. The third kappa shape index (κ3) is 7.43. The predicted octanol–water partition coefficient (Wildman–Crippen LogP) is 8.24. The zero-order valence-electron chi connectivity index (χ0n) is 33.9. The summed E-state index contributed by atoms with van der Waals surface area (Å²) in [4.78, 5) is 48.6. The number of amides is 3. The van der Waals surface area contributed by atoms with E-state index in [1.54, 1.807) is 16.9 Å². The molecule has 1 saturated heterocycles. The highest BCUT2D eigenvalue weighted by Gasteiger charge is 2.66. The van der Waals surface area contributed by atoms with Crippen molar-refractivity contribution in [3.8, 4) is 5.75 Å².